The third kappa shape index (κ3) is 4.41. The van der Waals surface area contributed by atoms with E-state index < -0.39 is 0 Å². The summed E-state index contributed by atoms with van der Waals surface area (Å²) in [4.78, 5) is 23.5. The number of rotatable bonds is 4. The van der Waals surface area contributed by atoms with Crippen molar-refractivity contribution in [3.8, 4) is 39.9 Å². The van der Waals surface area contributed by atoms with E-state index in [4.69, 9.17) is 21.5 Å². The zero-order valence-corrected chi connectivity index (χ0v) is 25.0. The predicted octanol–water partition coefficient (Wildman–Crippen LogP) is 10.2. The van der Waals surface area contributed by atoms with Crippen molar-refractivity contribution in [1.82, 2.24) is 24.5 Å². The highest BCUT2D eigenvalue weighted by Crippen LogP contribution is 2.37. The Morgan fingerprint density at radius 1 is 0.511 bits per heavy atom. The topological polar surface area (TPSA) is 60.9 Å². The molecule has 0 spiro atoms. The van der Waals surface area contributed by atoms with Crippen LogP contribution in [0.3, 0.4) is 0 Å². The van der Waals surface area contributed by atoms with Crippen LogP contribution in [0.25, 0.3) is 88.0 Å². The van der Waals surface area contributed by atoms with Gasteiger partial charge in [0.2, 0.25) is 0 Å². The van der Waals surface area contributed by atoms with Crippen molar-refractivity contribution in [2.45, 2.75) is 0 Å². The van der Waals surface area contributed by atoms with Crippen molar-refractivity contribution in [3.63, 3.8) is 0 Å². The van der Waals surface area contributed by atoms with Crippen LogP contribution < -0.4 is 0 Å². The largest absolute Gasteiger partial charge is 0.308 e. The lowest BCUT2D eigenvalue weighted by molar-refractivity contribution is 1.08. The third-order valence-electron chi connectivity index (χ3n) is 8.74. The number of nitrogens with zero attached hydrogens (tertiary/aromatic N) is 6. The first kappa shape index (κ1) is 26.7. The van der Waals surface area contributed by atoms with E-state index in [0.29, 0.717) is 23.2 Å². The number of pyridine rings is 1. The molecule has 47 heavy (non-hydrogen) atoms. The van der Waals surface area contributed by atoms with Gasteiger partial charge in [-0.05, 0) is 69.4 Å². The van der Waals surface area contributed by atoms with Crippen LogP contribution in [0.4, 0.5) is 5.69 Å². The number of hydrogen-bond donors (Lipinski definition) is 0. The van der Waals surface area contributed by atoms with Crippen molar-refractivity contribution >= 4 is 49.0 Å². The van der Waals surface area contributed by atoms with Gasteiger partial charge in [-0.15, -0.1) is 0 Å². The monoisotopic (exact) mass is 600 g/mol. The Morgan fingerprint density at radius 2 is 1.11 bits per heavy atom. The maximum atomic E-state index is 7.68. The molecule has 0 aliphatic heterocycles. The molecular formula is C41H24N6. The molecule has 9 aromatic rings. The Morgan fingerprint density at radius 3 is 1.74 bits per heavy atom. The van der Waals surface area contributed by atoms with Gasteiger partial charge >= 0.3 is 0 Å². The molecule has 6 nitrogen and oxygen atoms in total. The zero-order valence-electron chi connectivity index (χ0n) is 25.0. The van der Waals surface area contributed by atoms with E-state index in [1.807, 2.05) is 72.9 Å². The van der Waals surface area contributed by atoms with Gasteiger partial charge in [-0.3, -0.25) is 4.98 Å². The molecule has 3 aromatic heterocycles. The van der Waals surface area contributed by atoms with Crippen LogP contribution in [0.5, 0.6) is 0 Å². The Balaban J connectivity index is 1.33. The van der Waals surface area contributed by atoms with E-state index in [-0.39, 0.29) is 0 Å². The molecule has 6 aromatic carbocycles. The number of benzene rings is 6. The molecule has 3 heterocycles. The Hall–Kier alpha value is -6.71. The van der Waals surface area contributed by atoms with Crippen LogP contribution in [0, 0.1) is 6.57 Å². The summed E-state index contributed by atoms with van der Waals surface area (Å²) < 4.78 is 2.19. The summed E-state index contributed by atoms with van der Waals surface area (Å²) in [7, 11) is 0. The van der Waals surface area contributed by atoms with E-state index in [0.717, 1.165) is 65.7 Å². The van der Waals surface area contributed by atoms with Gasteiger partial charge < -0.3 is 4.57 Å². The molecule has 0 aliphatic carbocycles. The Labute approximate surface area is 270 Å². The molecule has 0 bridgehead atoms. The first-order chi connectivity index (χ1) is 23.2. The molecule has 0 aliphatic rings. The van der Waals surface area contributed by atoms with Gasteiger partial charge in [0.15, 0.2) is 23.2 Å². The molecule has 0 fully saturated rings. The first-order valence-corrected chi connectivity index (χ1v) is 15.3. The Bertz CT molecular complexity index is 2600. The minimum atomic E-state index is 0.580. The second kappa shape index (κ2) is 10.7. The normalized spacial score (nSPS) is 11.4. The van der Waals surface area contributed by atoms with Gasteiger partial charge in [-0.2, -0.15) is 0 Å². The lowest BCUT2D eigenvalue weighted by Gasteiger charge is -2.12. The molecule has 0 saturated heterocycles. The molecule has 0 amide bonds. The van der Waals surface area contributed by atoms with Crippen molar-refractivity contribution < 1.29 is 0 Å². The maximum absolute atomic E-state index is 7.68. The molecule has 218 valence electrons. The second-order valence-corrected chi connectivity index (χ2v) is 11.5. The SMILES string of the molecule is [C-]#[N+]c1ccc2c(c1)c1cc(-c3nc(-c4cccc5ccccc45)nc(-c4cccc5ccccc45)n3)ccc1n2-c1cccnc1. The molecule has 9 rings (SSSR count). The summed E-state index contributed by atoms with van der Waals surface area (Å²) in [5.74, 6) is 1.81. The smallest absolute Gasteiger partial charge is 0.188 e. The summed E-state index contributed by atoms with van der Waals surface area (Å²) in [6, 6.07) is 45.2. The fourth-order valence-corrected chi connectivity index (χ4v) is 6.57. The van der Waals surface area contributed by atoms with Crippen LogP contribution in [0.1, 0.15) is 0 Å². The third-order valence-corrected chi connectivity index (χ3v) is 8.74. The van der Waals surface area contributed by atoms with Gasteiger partial charge in [0.05, 0.1) is 29.5 Å². The summed E-state index contributed by atoms with van der Waals surface area (Å²) in [6.07, 6.45) is 3.63. The van der Waals surface area contributed by atoms with E-state index in [9.17, 15) is 0 Å². The molecule has 0 atom stereocenters. The fourth-order valence-electron chi connectivity index (χ4n) is 6.57. The van der Waals surface area contributed by atoms with E-state index >= 15 is 0 Å². The molecular weight excluding hydrogens is 576 g/mol. The standard InChI is InChI=1S/C41H24N6/c1-42-29-19-21-38-36(24-29)35-23-28(18-20-37(35)47(38)30-13-8-22-43-25-30)39-44-40(33-16-6-11-26-9-2-4-14-31(26)33)46-41(45-39)34-17-7-12-27-10-3-5-15-32(27)34/h2-25H. The van der Waals surface area contributed by atoms with Crippen LogP contribution in [0.2, 0.25) is 0 Å². The van der Waals surface area contributed by atoms with Crippen LogP contribution >= 0.6 is 0 Å². The molecule has 0 saturated carbocycles. The molecule has 0 unspecified atom stereocenters. The first-order valence-electron chi connectivity index (χ1n) is 15.3. The average Bonchev–Trinajstić information content (AvgIpc) is 3.47. The van der Waals surface area contributed by atoms with Gasteiger partial charge in [0, 0.05) is 28.3 Å². The summed E-state index contributed by atoms with van der Waals surface area (Å²) >= 11 is 0. The highest BCUT2D eigenvalue weighted by atomic mass is 15.0. The van der Waals surface area contributed by atoms with Crippen molar-refractivity contribution in [1.29, 1.82) is 0 Å². The number of hydrogen-bond acceptors (Lipinski definition) is 4. The molecule has 0 radical (unpaired) electrons. The summed E-state index contributed by atoms with van der Waals surface area (Å²) in [6.45, 7) is 7.68. The van der Waals surface area contributed by atoms with E-state index in [2.05, 4.69) is 81.1 Å². The second-order valence-electron chi connectivity index (χ2n) is 11.5. The van der Waals surface area contributed by atoms with Gasteiger partial charge in [0.1, 0.15) is 0 Å². The lowest BCUT2D eigenvalue weighted by atomic mass is 10.0. The maximum Gasteiger partial charge on any atom is 0.188 e. The molecule has 0 N–H and O–H groups in total. The quantitative estimate of drug-likeness (QED) is 0.189. The number of aromatic nitrogens is 5. The predicted molar refractivity (Wildman–Crippen MR) is 190 cm³/mol. The minimum absolute atomic E-state index is 0.580. The average molecular weight is 601 g/mol. The summed E-state index contributed by atoms with van der Waals surface area (Å²) in [5, 5.41) is 6.40. The van der Waals surface area contributed by atoms with Crippen molar-refractivity contribution in [3.05, 3.63) is 157 Å². The highest BCUT2D eigenvalue weighted by molar-refractivity contribution is 6.11. The fraction of sp³-hybridized carbons (Fsp3) is 0. The van der Waals surface area contributed by atoms with Gasteiger partial charge in [-0.25, -0.2) is 19.8 Å². The van der Waals surface area contributed by atoms with E-state index in [1.54, 1.807) is 6.20 Å². The van der Waals surface area contributed by atoms with Crippen molar-refractivity contribution in [2.75, 3.05) is 0 Å². The van der Waals surface area contributed by atoms with Gasteiger partial charge in [0.25, 0.3) is 0 Å². The summed E-state index contributed by atoms with van der Waals surface area (Å²) in [5.41, 5.74) is 6.31. The van der Waals surface area contributed by atoms with E-state index in [1.165, 1.54) is 0 Å². The van der Waals surface area contributed by atoms with Crippen molar-refractivity contribution in [2.24, 2.45) is 0 Å². The lowest BCUT2D eigenvalue weighted by Crippen LogP contribution is -2.01. The van der Waals surface area contributed by atoms with Crippen LogP contribution in [-0.4, -0.2) is 24.5 Å². The van der Waals surface area contributed by atoms with Crippen LogP contribution in [0.15, 0.2) is 146 Å². The number of fused-ring (bicyclic) bond motifs is 5. The highest BCUT2D eigenvalue weighted by Gasteiger charge is 2.18. The minimum Gasteiger partial charge on any atom is -0.308 e. The van der Waals surface area contributed by atoms with Crippen LogP contribution in [-0.2, 0) is 0 Å². The van der Waals surface area contributed by atoms with Gasteiger partial charge in [-0.1, -0.05) is 91.0 Å². The molecule has 6 heteroatoms. The Kier molecular flexibility index (Phi) is 6.09. The zero-order chi connectivity index (χ0) is 31.3.